The first-order chi connectivity index (χ1) is 10.1. The molecule has 0 radical (unpaired) electrons. The molecule has 5 nitrogen and oxygen atoms in total. The van der Waals surface area contributed by atoms with Gasteiger partial charge in [0, 0.05) is 6.42 Å². The fourth-order valence-electron chi connectivity index (χ4n) is 1.86. The second-order valence-corrected chi connectivity index (χ2v) is 4.57. The summed E-state index contributed by atoms with van der Waals surface area (Å²) in [5.41, 5.74) is 6.02. The maximum absolute atomic E-state index is 13.0. The number of ether oxygens (including phenoxy) is 1. The number of nitrogens with one attached hydrogen (secondary N) is 1. The summed E-state index contributed by atoms with van der Waals surface area (Å²) in [5.74, 6) is -0.979. The number of rotatable bonds is 8. The molecule has 1 rings (SSSR count). The van der Waals surface area contributed by atoms with E-state index in [-0.39, 0.29) is 43.6 Å². The molecule has 1 aromatic rings. The minimum Gasteiger partial charge on any atom is -0.466 e. The van der Waals surface area contributed by atoms with Gasteiger partial charge in [0.1, 0.15) is 5.82 Å². The van der Waals surface area contributed by atoms with Crippen LogP contribution in [-0.2, 0) is 14.3 Å². The fourth-order valence-corrected chi connectivity index (χ4v) is 1.86. The zero-order valence-electron chi connectivity index (χ0n) is 12.5. The van der Waals surface area contributed by atoms with Crippen molar-refractivity contribution in [2.45, 2.75) is 32.2 Å². The van der Waals surface area contributed by atoms with Gasteiger partial charge in [-0.15, -0.1) is 12.4 Å². The molecule has 1 atom stereocenters. The molecule has 1 amide bonds. The van der Waals surface area contributed by atoms with Gasteiger partial charge in [0.05, 0.1) is 19.1 Å². The van der Waals surface area contributed by atoms with Crippen LogP contribution in [0.5, 0.6) is 0 Å². The number of amides is 1. The van der Waals surface area contributed by atoms with Crippen LogP contribution in [0, 0.1) is 5.82 Å². The van der Waals surface area contributed by atoms with E-state index in [0.29, 0.717) is 18.5 Å². The van der Waals surface area contributed by atoms with Gasteiger partial charge in [-0.3, -0.25) is 9.59 Å². The van der Waals surface area contributed by atoms with Crippen LogP contribution >= 0.6 is 12.4 Å². The zero-order valence-corrected chi connectivity index (χ0v) is 13.3. The van der Waals surface area contributed by atoms with Gasteiger partial charge in [-0.25, -0.2) is 4.39 Å². The van der Waals surface area contributed by atoms with E-state index in [2.05, 4.69) is 5.32 Å². The topological polar surface area (TPSA) is 81.4 Å². The first-order valence-electron chi connectivity index (χ1n) is 6.97. The summed E-state index contributed by atoms with van der Waals surface area (Å²) in [6.07, 6.45) is 0.867. The Balaban J connectivity index is 0.00000441. The minimum atomic E-state index is -0.532. The third-order valence-corrected chi connectivity index (χ3v) is 2.89. The van der Waals surface area contributed by atoms with Crippen LogP contribution in [0.3, 0.4) is 0 Å². The predicted octanol–water partition coefficient (Wildman–Crippen LogP) is 2.10. The van der Waals surface area contributed by atoms with Crippen LogP contribution in [0.2, 0.25) is 0 Å². The SMILES string of the molecule is CCOC(=O)CC(NC(=O)CCCN)c1ccc(F)cc1.Cl. The molecule has 0 spiro atoms. The van der Waals surface area contributed by atoms with E-state index in [0.717, 1.165) is 0 Å². The average molecular weight is 333 g/mol. The van der Waals surface area contributed by atoms with E-state index in [4.69, 9.17) is 10.5 Å². The van der Waals surface area contributed by atoms with E-state index in [1.165, 1.54) is 12.1 Å². The normalized spacial score (nSPS) is 11.2. The summed E-state index contributed by atoms with van der Waals surface area (Å²) in [7, 11) is 0. The highest BCUT2D eigenvalue weighted by molar-refractivity contribution is 5.85. The quantitative estimate of drug-likeness (QED) is 0.714. The second kappa shape index (κ2) is 11.0. The Morgan fingerprint density at radius 2 is 1.95 bits per heavy atom. The Morgan fingerprint density at radius 3 is 2.50 bits per heavy atom. The Hall–Kier alpha value is -1.66. The van der Waals surface area contributed by atoms with Crippen LogP contribution < -0.4 is 11.1 Å². The smallest absolute Gasteiger partial charge is 0.308 e. The molecule has 0 bridgehead atoms. The molecule has 22 heavy (non-hydrogen) atoms. The molecular formula is C15H22ClFN2O3. The molecule has 0 saturated carbocycles. The molecular weight excluding hydrogens is 311 g/mol. The van der Waals surface area contributed by atoms with Crippen molar-refractivity contribution in [2.75, 3.05) is 13.2 Å². The lowest BCUT2D eigenvalue weighted by molar-refractivity contribution is -0.143. The number of halogens is 2. The van der Waals surface area contributed by atoms with Crippen LogP contribution in [0.15, 0.2) is 24.3 Å². The minimum absolute atomic E-state index is 0. The van der Waals surface area contributed by atoms with Gasteiger partial charge in [-0.2, -0.15) is 0 Å². The molecule has 0 heterocycles. The predicted molar refractivity (Wildman–Crippen MR) is 84.1 cm³/mol. The van der Waals surface area contributed by atoms with Gasteiger partial charge in [0.25, 0.3) is 0 Å². The lowest BCUT2D eigenvalue weighted by Gasteiger charge is -2.18. The second-order valence-electron chi connectivity index (χ2n) is 4.57. The van der Waals surface area contributed by atoms with Gasteiger partial charge < -0.3 is 15.8 Å². The van der Waals surface area contributed by atoms with Crippen molar-refractivity contribution in [1.29, 1.82) is 0 Å². The van der Waals surface area contributed by atoms with Gasteiger partial charge >= 0.3 is 5.97 Å². The summed E-state index contributed by atoms with van der Waals surface area (Å²) in [6, 6.07) is 5.14. The van der Waals surface area contributed by atoms with Crippen molar-refractivity contribution < 1.29 is 18.7 Å². The number of esters is 1. The molecule has 7 heteroatoms. The first-order valence-corrected chi connectivity index (χ1v) is 6.97. The molecule has 0 saturated heterocycles. The molecule has 0 aliphatic heterocycles. The van der Waals surface area contributed by atoms with E-state index < -0.39 is 12.0 Å². The molecule has 0 aromatic heterocycles. The van der Waals surface area contributed by atoms with Crippen LogP contribution in [0.1, 0.15) is 37.8 Å². The summed E-state index contributed by atoms with van der Waals surface area (Å²) in [5, 5.41) is 2.76. The number of nitrogens with two attached hydrogens (primary N) is 1. The standard InChI is InChI=1S/C15H21FN2O3.ClH/c1-2-21-15(20)10-13(18-14(19)4-3-9-17)11-5-7-12(16)8-6-11;/h5-8,13H,2-4,9-10,17H2,1H3,(H,18,19);1H. The van der Waals surface area contributed by atoms with E-state index >= 15 is 0 Å². The highest BCUT2D eigenvalue weighted by Crippen LogP contribution is 2.18. The van der Waals surface area contributed by atoms with E-state index in [1.54, 1.807) is 19.1 Å². The number of benzene rings is 1. The molecule has 1 unspecified atom stereocenters. The van der Waals surface area contributed by atoms with E-state index in [1.807, 2.05) is 0 Å². The van der Waals surface area contributed by atoms with Crippen molar-refractivity contribution in [2.24, 2.45) is 5.73 Å². The number of carbonyl (C=O) groups is 2. The van der Waals surface area contributed by atoms with Gasteiger partial charge in [0.2, 0.25) is 5.91 Å². The lowest BCUT2D eigenvalue weighted by atomic mass is 10.0. The van der Waals surface area contributed by atoms with Crippen molar-refractivity contribution in [1.82, 2.24) is 5.32 Å². The van der Waals surface area contributed by atoms with Crippen molar-refractivity contribution in [3.8, 4) is 0 Å². The van der Waals surface area contributed by atoms with Gasteiger partial charge in [0.15, 0.2) is 0 Å². The van der Waals surface area contributed by atoms with Crippen molar-refractivity contribution in [3.05, 3.63) is 35.6 Å². The zero-order chi connectivity index (χ0) is 15.7. The van der Waals surface area contributed by atoms with E-state index in [9.17, 15) is 14.0 Å². The van der Waals surface area contributed by atoms with Crippen LogP contribution in [-0.4, -0.2) is 25.0 Å². The molecule has 3 N–H and O–H groups in total. The van der Waals surface area contributed by atoms with Crippen LogP contribution in [0.4, 0.5) is 4.39 Å². The number of carbonyl (C=O) groups excluding carboxylic acids is 2. The lowest BCUT2D eigenvalue weighted by Crippen LogP contribution is -2.30. The maximum atomic E-state index is 13.0. The molecule has 0 fully saturated rings. The fraction of sp³-hybridized carbons (Fsp3) is 0.467. The molecule has 124 valence electrons. The maximum Gasteiger partial charge on any atom is 0.308 e. The average Bonchev–Trinajstić information content (AvgIpc) is 2.45. The first kappa shape index (κ1) is 20.3. The highest BCUT2D eigenvalue weighted by atomic mass is 35.5. The van der Waals surface area contributed by atoms with Gasteiger partial charge in [-0.1, -0.05) is 12.1 Å². The third-order valence-electron chi connectivity index (χ3n) is 2.89. The van der Waals surface area contributed by atoms with Gasteiger partial charge in [-0.05, 0) is 37.6 Å². The number of hydrogen-bond donors (Lipinski definition) is 2. The summed E-state index contributed by atoms with van der Waals surface area (Å²) < 4.78 is 17.9. The van der Waals surface area contributed by atoms with Crippen molar-refractivity contribution in [3.63, 3.8) is 0 Å². The Bertz CT molecular complexity index is 468. The number of hydrogen-bond acceptors (Lipinski definition) is 4. The third kappa shape index (κ3) is 7.38. The molecule has 0 aliphatic carbocycles. The Kier molecular flexibility index (Phi) is 10.2. The highest BCUT2D eigenvalue weighted by Gasteiger charge is 2.19. The summed E-state index contributed by atoms with van der Waals surface area (Å²) in [4.78, 5) is 23.4. The van der Waals surface area contributed by atoms with Crippen molar-refractivity contribution >= 4 is 24.3 Å². The largest absolute Gasteiger partial charge is 0.466 e. The van der Waals surface area contributed by atoms with Crippen LogP contribution in [0.25, 0.3) is 0 Å². The Labute approximate surface area is 135 Å². The molecule has 0 aliphatic rings. The monoisotopic (exact) mass is 332 g/mol. The Morgan fingerprint density at radius 1 is 1.32 bits per heavy atom. The summed E-state index contributed by atoms with van der Waals surface area (Å²) in [6.45, 7) is 2.41. The summed E-state index contributed by atoms with van der Waals surface area (Å²) >= 11 is 0. The molecule has 1 aromatic carbocycles.